The summed E-state index contributed by atoms with van der Waals surface area (Å²) in [5.41, 5.74) is 1.47. The van der Waals surface area contributed by atoms with Crippen molar-refractivity contribution >= 4 is 0 Å². The Morgan fingerprint density at radius 2 is 2.11 bits per heavy atom. The molecule has 0 radical (unpaired) electrons. The first-order valence-corrected chi connectivity index (χ1v) is 7.85. The standard InChI is InChI=1S/C17H25NO/c1-2-18-15-7-3-5-13(11-15)14-6-4-8-17(12-14)19-16-9-10-16/h4,6,8,12-13,15-16,18H,2-3,5,7,9-11H2,1H3. The van der Waals surface area contributed by atoms with Crippen LogP contribution >= 0.6 is 0 Å². The molecule has 2 aliphatic carbocycles. The van der Waals surface area contributed by atoms with Gasteiger partial charge in [-0.15, -0.1) is 0 Å². The van der Waals surface area contributed by atoms with Crippen LogP contribution in [0.5, 0.6) is 5.75 Å². The lowest BCUT2D eigenvalue weighted by atomic mass is 9.81. The van der Waals surface area contributed by atoms with Crippen LogP contribution in [0.1, 0.15) is 56.9 Å². The molecule has 3 rings (SSSR count). The van der Waals surface area contributed by atoms with Crippen molar-refractivity contribution in [3.8, 4) is 5.75 Å². The molecule has 2 aliphatic rings. The van der Waals surface area contributed by atoms with E-state index in [4.69, 9.17) is 4.74 Å². The molecule has 19 heavy (non-hydrogen) atoms. The number of rotatable bonds is 5. The largest absolute Gasteiger partial charge is 0.490 e. The van der Waals surface area contributed by atoms with Crippen molar-refractivity contribution in [1.82, 2.24) is 5.32 Å². The molecular formula is C17H25NO. The highest BCUT2D eigenvalue weighted by Crippen LogP contribution is 2.35. The molecule has 0 aliphatic heterocycles. The van der Waals surface area contributed by atoms with Gasteiger partial charge >= 0.3 is 0 Å². The Kier molecular flexibility index (Phi) is 4.07. The fraction of sp³-hybridized carbons (Fsp3) is 0.647. The summed E-state index contributed by atoms with van der Waals surface area (Å²) in [7, 11) is 0. The molecule has 104 valence electrons. The molecule has 1 aromatic rings. The molecule has 2 heteroatoms. The number of nitrogens with one attached hydrogen (secondary N) is 1. The smallest absolute Gasteiger partial charge is 0.119 e. The fourth-order valence-corrected chi connectivity index (χ4v) is 3.19. The third kappa shape index (κ3) is 3.50. The van der Waals surface area contributed by atoms with Gasteiger partial charge in [0.2, 0.25) is 0 Å². The Hall–Kier alpha value is -1.02. The van der Waals surface area contributed by atoms with Crippen LogP contribution in [0.4, 0.5) is 0 Å². The second kappa shape index (κ2) is 5.96. The lowest BCUT2D eigenvalue weighted by molar-refractivity contribution is 0.301. The Morgan fingerprint density at radius 3 is 2.89 bits per heavy atom. The van der Waals surface area contributed by atoms with E-state index in [2.05, 4.69) is 36.5 Å². The Labute approximate surface area is 116 Å². The van der Waals surface area contributed by atoms with Crippen LogP contribution in [0.2, 0.25) is 0 Å². The summed E-state index contributed by atoms with van der Waals surface area (Å²) >= 11 is 0. The van der Waals surface area contributed by atoms with Gasteiger partial charge in [-0.1, -0.05) is 25.5 Å². The van der Waals surface area contributed by atoms with Crippen LogP contribution < -0.4 is 10.1 Å². The monoisotopic (exact) mass is 259 g/mol. The first kappa shape index (κ1) is 13.0. The van der Waals surface area contributed by atoms with Gasteiger partial charge in [-0.05, 0) is 62.3 Å². The molecule has 0 saturated heterocycles. The molecule has 0 aromatic heterocycles. The lowest BCUT2D eigenvalue weighted by Crippen LogP contribution is -2.33. The predicted octanol–water partition coefficient (Wildman–Crippen LogP) is 3.86. The van der Waals surface area contributed by atoms with Crippen molar-refractivity contribution in [1.29, 1.82) is 0 Å². The zero-order valence-electron chi connectivity index (χ0n) is 11.9. The average molecular weight is 259 g/mol. The molecular weight excluding hydrogens is 234 g/mol. The van der Waals surface area contributed by atoms with E-state index < -0.39 is 0 Å². The van der Waals surface area contributed by atoms with Crippen molar-refractivity contribution in [2.45, 2.75) is 63.5 Å². The van der Waals surface area contributed by atoms with Crippen molar-refractivity contribution in [3.63, 3.8) is 0 Å². The summed E-state index contributed by atoms with van der Waals surface area (Å²) in [5, 5.41) is 3.61. The Bertz CT molecular complexity index is 411. The molecule has 2 atom stereocenters. The predicted molar refractivity (Wildman–Crippen MR) is 78.8 cm³/mol. The Balaban J connectivity index is 1.66. The van der Waals surface area contributed by atoms with Crippen LogP contribution in [0.15, 0.2) is 24.3 Å². The van der Waals surface area contributed by atoms with Crippen LogP contribution in [0, 0.1) is 0 Å². The number of hydrogen-bond acceptors (Lipinski definition) is 2. The van der Waals surface area contributed by atoms with Crippen LogP contribution in [-0.4, -0.2) is 18.7 Å². The molecule has 1 aromatic carbocycles. The van der Waals surface area contributed by atoms with Gasteiger partial charge in [0.15, 0.2) is 0 Å². The van der Waals surface area contributed by atoms with Crippen LogP contribution in [0.3, 0.4) is 0 Å². The highest BCUT2D eigenvalue weighted by molar-refractivity contribution is 5.31. The zero-order valence-corrected chi connectivity index (χ0v) is 11.9. The van der Waals surface area contributed by atoms with Gasteiger partial charge in [0.05, 0.1) is 6.10 Å². The topological polar surface area (TPSA) is 21.3 Å². The summed E-state index contributed by atoms with van der Waals surface area (Å²) in [6, 6.07) is 9.52. The molecule has 0 heterocycles. The van der Waals surface area contributed by atoms with Gasteiger partial charge in [-0.2, -0.15) is 0 Å². The maximum atomic E-state index is 5.92. The normalized spacial score (nSPS) is 27.2. The minimum absolute atomic E-state index is 0.496. The van der Waals surface area contributed by atoms with Gasteiger partial charge in [0.1, 0.15) is 5.75 Å². The van der Waals surface area contributed by atoms with Crippen LogP contribution in [-0.2, 0) is 0 Å². The molecule has 0 bridgehead atoms. The van der Waals surface area contributed by atoms with Crippen molar-refractivity contribution < 1.29 is 4.74 Å². The molecule has 2 nitrogen and oxygen atoms in total. The van der Waals surface area contributed by atoms with Gasteiger partial charge in [-0.3, -0.25) is 0 Å². The van der Waals surface area contributed by atoms with E-state index in [0.717, 1.165) is 12.3 Å². The van der Waals surface area contributed by atoms with Gasteiger partial charge in [-0.25, -0.2) is 0 Å². The van der Waals surface area contributed by atoms with Crippen molar-refractivity contribution in [3.05, 3.63) is 29.8 Å². The average Bonchev–Trinajstić information content (AvgIpc) is 3.24. The minimum Gasteiger partial charge on any atom is -0.490 e. The summed E-state index contributed by atoms with van der Waals surface area (Å²) < 4.78 is 5.92. The Morgan fingerprint density at radius 1 is 1.21 bits per heavy atom. The lowest BCUT2D eigenvalue weighted by Gasteiger charge is -2.30. The van der Waals surface area contributed by atoms with E-state index in [1.807, 2.05) is 0 Å². The van der Waals surface area contributed by atoms with Crippen LogP contribution in [0.25, 0.3) is 0 Å². The molecule has 0 spiro atoms. The first-order chi connectivity index (χ1) is 9.35. The molecule has 2 fully saturated rings. The van der Waals surface area contributed by atoms with Gasteiger partial charge < -0.3 is 10.1 Å². The van der Waals surface area contributed by atoms with E-state index in [1.54, 1.807) is 0 Å². The molecule has 1 N–H and O–H groups in total. The van der Waals surface area contributed by atoms with E-state index in [-0.39, 0.29) is 0 Å². The summed E-state index contributed by atoms with van der Waals surface area (Å²) in [4.78, 5) is 0. The quantitative estimate of drug-likeness (QED) is 0.867. The third-order valence-electron chi connectivity index (χ3n) is 4.32. The highest BCUT2D eigenvalue weighted by atomic mass is 16.5. The maximum absolute atomic E-state index is 5.92. The molecule has 2 unspecified atom stereocenters. The minimum atomic E-state index is 0.496. The summed E-state index contributed by atoms with van der Waals surface area (Å²) in [6.45, 7) is 3.29. The van der Waals surface area contributed by atoms with Gasteiger partial charge in [0, 0.05) is 6.04 Å². The third-order valence-corrected chi connectivity index (χ3v) is 4.32. The zero-order chi connectivity index (χ0) is 13.1. The second-order valence-electron chi connectivity index (χ2n) is 6.01. The highest BCUT2D eigenvalue weighted by Gasteiger charge is 2.25. The summed E-state index contributed by atoms with van der Waals surface area (Å²) in [6.07, 6.45) is 8.25. The van der Waals surface area contributed by atoms with E-state index in [1.165, 1.54) is 44.1 Å². The van der Waals surface area contributed by atoms with E-state index in [9.17, 15) is 0 Å². The summed E-state index contributed by atoms with van der Waals surface area (Å²) in [5.74, 6) is 1.78. The second-order valence-corrected chi connectivity index (χ2v) is 6.01. The first-order valence-electron chi connectivity index (χ1n) is 7.85. The maximum Gasteiger partial charge on any atom is 0.119 e. The van der Waals surface area contributed by atoms with Gasteiger partial charge in [0.25, 0.3) is 0 Å². The fourth-order valence-electron chi connectivity index (χ4n) is 3.19. The van der Waals surface area contributed by atoms with Crippen molar-refractivity contribution in [2.75, 3.05) is 6.54 Å². The van der Waals surface area contributed by atoms with E-state index >= 15 is 0 Å². The van der Waals surface area contributed by atoms with Crippen molar-refractivity contribution in [2.24, 2.45) is 0 Å². The molecule has 0 amide bonds. The number of hydrogen-bond donors (Lipinski definition) is 1. The SMILES string of the molecule is CCNC1CCCC(c2cccc(OC3CC3)c2)C1. The molecule has 2 saturated carbocycles. The van der Waals surface area contributed by atoms with E-state index in [0.29, 0.717) is 18.1 Å². The number of benzene rings is 1. The number of ether oxygens (including phenoxy) is 1.